The number of hydrogen-bond acceptors (Lipinski definition) is 6. The van der Waals surface area contributed by atoms with Crippen LogP contribution in [0.2, 0.25) is 0 Å². The number of carbonyl (C=O) groups is 1. The van der Waals surface area contributed by atoms with Gasteiger partial charge in [0.15, 0.2) is 5.16 Å². The van der Waals surface area contributed by atoms with Gasteiger partial charge in [0.05, 0.1) is 12.1 Å². The van der Waals surface area contributed by atoms with E-state index in [1.807, 2.05) is 18.4 Å². The van der Waals surface area contributed by atoms with E-state index in [0.29, 0.717) is 30.7 Å². The third-order valence-corrected chi connectivity index (χ3v) is 4.86. The van der Waals surface area contributed by atoms with Crippen LogP contribution in [-0.4, -0.2) is 27.9 Å². The van der Waals surface area contributed by atoms with Crippen molar-refractivity contribution in [1.82, 2.24) is 9.55 Å². The smallest absolute Gasteiger partial charge is 0.305 e. The first-order valence-corrected chi connectivity index (χ1v) is 8.80. The summed E-state index contributed by atoms with van der Waals surface area (Å²) in [6.07, 6.45) is 1.11. The Labute approximate surface area is 131 Å². The Hall–Kier alpha value is -1.34. The number of fused-ring (bicyclic) bond motifs is 1. The van der Waals surface area contributed by atoms with Gasteiger partial charge >= 0.3 is 5.97 Å². The molecule has 0 N–H and O–H groups in total. The second-order valence-electron chi connectivity index (χ2n) is 4.34. The zero-order valence-corrected chi connectivity index (χ0v) is 13.8. The first-order chi connectivity index (χ1) is 10.2. The van der Waals surface area contributed by atoms with Crippen molar-refractivity contribution in [2.24, 2.45) is 0 Å². The minimum Gasteiger partial charge on any atom is -0.466 e. The van der Waals surface area contributed by atoms with Crippen LogP contribution in [0.3, 0.4) is 0 Å². The van der Waals surface area contributed by atoms with Gasteiger partial charge in [0.2, 0.25) is 0 Å². The lowest BCUT2D eigenvalue weighted by atomic mass is 10.3. The SMILES string of the molecule is CCOC(=O)CCCSc1nc2ccsc2c(=O)n1CC. The van der Waals surface area contributed by atoms with E-state index in [1.165, 1.54) is 23.1 Å². The van der Waals surface area contributed by atoms with Gasteiger partial charge in [0.25, 0.3) is 5.56 Å². The number of thiophene rings is 1. The van der Waals surface area contributed by atoms with E-state index < -0.39 is 0 Å². The molecule has 0 saturated heterocycles. The lowest BCUT2D eigenvalue weighted by Gasteiger charge is -2.09. The standard InChI is InChI=1S/C14H18N2O3S2/c1-3-16-13(18)12-10(7-9-20-12)15-14(16)21-8-5-6-11(17)19-4-2/h7,9H,3-6,8H2,1-2H3. The van der Waals surface area contributed by atoms with E-state index >= 15 is 0 Å². The van der Waals surface area contributed by atoms with Crippen LogP contribution < -0.4 is 5.56 Å². The molecule has 0 radical (unpaired) electrons. The van der Waals surface area contributed by atoms with Crippen LogP contribution in [0.1, 0.15) is 26.7 Å². The molecule has 0 aliphatic carbocycles. The van der Waals surface area contributed by atoms with Gasteiger partial charge in [0.1, 0.15) is 4.70 Å². The first kappa shape index (κ1) is 16.0. The van der Waals surface area contributed by atoms with E-state index in [0.717, 1.165) is 16.4 Å². The number of ether oxygens (including phenoxy) is 1. The van der Waals surface area contributed by atoms with Crippen molar-refractivity contribution in [3.63, 3.8) is 0 Å². The number of hydrogen-bond donors (Lipinski definition) is 0. The maximum Gasteiger partial charge on any atom is 0.305 e. The van der Waals surface area contributed by atoms with E-state index in [2.05, 4.69) is 4.98 Å². The number of nitrogens with zero attached hydrogens (tertiary/aromatic N) is 2. The van der Waals surface area contributed by atoms with Crippen molar-refractivity contribution in [3.8, 4) is 0 Å². The van der Waals surface area contributed by atoms with Gasteiger partial charge in [-0.05, 0) is 31.7 Å². The van der Waals surface area contributed by atoms with Gasteiger partial charge in [-0.1, -0.05) is 11.8 Å². The quantitative estimate of drug-likeness (QED) is 0.339. The molecule has 2 aromatic heterocycles. The summed E-state index contributed by atoms with van der Waals surface area (Å²) in [7, 11) is 0. The molecule has 0 atom stereocenters. The van der Waals surface area contributed by atoms with Crippen LogP contribution in [0.15, 0.2) is 21.4 Å². The van der Waals surface area contributed by atoms with Crippen molar-refractivity contribution in [2.45, 2.75) is 38.4 Å². The van der Waals surface area contributed by atoms with Crippen molar-refractivity contribution >= 4 is 39.3 Å². The normalized spacial score (nSPS) is 11.0. The van der Waals surface area contributed by atoms with Crippen molar-refractivity contribution in [2.75, 3.05) is 12.4 Å². The molecule has 2 heterocycles. The second kappa shape index (κ2) is 7.61. The lowest BCUT2D eigenvalue weighted by Crippen LogP contribution is -2.21. The molecule has 7 heteroatoms. The molecule has 0 bridgehead atoms. The predicted octanol–water partition coefficient (Wildman–Crippen LogP) is 2.91. The number of carbonyl (C=O) groups excluding carboxylic acids is 1. The molecule has 0 aliphatic heterocycles. The second-order valence-corrected chi connectivity index (χ2v) is 6.31. The van der Waals surface area contributed by atoms with Gasteiger partial charge in [-0.2, -0.15) is 0 Å². The highest BCUT2D eigenvalue weighted by molar-refractivity contribution is 7.99. The Balaban J connectivity index is 2.04. The molecular weight excluding hydrogens is 308 g/mol. The monoisotopic (exact) mass is 326 g/mol. The summed E-state index contributed by atoms with van der Waals surface area (Å²) in [5.41, 5.74) is 0.771. The molecule has 21 heavy (non-hydrogen) atoms. The van der Waals surface area contributed by atoms with E-state index in [9.17, 15) is 9.59 Å². The number of esters is 1. The molecule has 0 amide bonds. The Kier molecular flexibility index (Phi) is 5.81. The molecule has 5 nitrogen and oxygen atoms in total. The highest BCUT2D eigenvalue weighted by atomic mass is 32.2. The van der Waals surface area contributed by atoms with Crippen molar-refractivity contribution in [3.05, 3.63) is 21.8 Å². The van der Waals surface area contributed by atoms with Crippen molar-refractivity contribution in [1.29, 1.82) is 0 Å². The number of aromatic nitrogens is 2. The van der Waals surface area contributed by atoms with Crippen LogP contribution in [0, 0.1) is 0 Å². The molecule has 114 valence electrons. The predicted molar refractivity (Wildman–Crippen MR) is 86.1 cm³/mol. The summed E-state index contributed by atoms with van der Waals surface area (Å²) in [6, 6.07) is 1.87. The van der Waals surface area contributed by atoms with E-state index in [1.54, 1.807) is 11.5 Å². The third-order valence-electron chi connectivity index (χ3n) is 2.91. The Morgan fingerprint density at radius 1 is 1.48 bits per heavy atom. The van der Waals surface area contributed by atoms with Crippen LogP contribution in [0.5, 0.6) is 0 Å². The summed E-state index contributed by atoms with van der Waals surface area (Å²) < 4.78 is 7.28. The van der Waals surface area contributed by atoms with E-state index in [4.69, 9.17) is 4.74 Å². The highest BCUT2D eigenvalue weighted by Crippen LogP contribution is 2.21. The fourth-order valence-electron chi connectivity index (χ4n) is 1.93. The molecule has 0 fully saturated rings. The van der Waals surface area contributed by atoms with Gasteiger partial charge in [-0.25, -0.2) is 4.98 Å². The summed E-state index contributed by atoms with van der Waals surface area (Å²) in [5, 5.41) is 2.60. The molecule has 2 rings (SSSR count). The topological polar surface area (TPSA) is 61.2 Å². The van der Waals surface area contributed by atoms with Crippen LogP contribution >= 0.6 is 23.1 Å². The van der Waals surface area contributed by atoms with Crippen LogP contribution in [-0.2, 0) is 16.1 Å². The Morgan fingerprint density at radius 3 is 3.00 bits per heavy atom. The van der Waals surface area contributed by atoms with Gasteiger partial charge in [-0.15, -0.1) is 11.3 Å². The fourth-order valence-corrected chi connectivity index (χ4v) is 3.71. The highest BCUT2D eigenvalue weighted by Gasteiger charge is 2.11. The summed E-state index contributed by atoms with van der Waals surface area (Å²) in [5.74, 6) is 0.563. The molecule has 0 spiro atoms. The summed E-state index contributed by atoms with van der Waals surface area (Å²) >= 11 is 2.94. The molecule has 0 aliphatic rings. The Bertz CT molecular complexity index is 678. The minimum absolute atomic E-state index is 0.0189. The van der Waals surface area contributed by atoms with Crippen LogP contribution in [0.25, 0.3) is 10.2 Å². The molecule has 0 aromatic carbocycles. The van der Waals surface area contributed by atoms with Crippen molar-refractivity contribution < 1.29 is 9.53 Å². The zero-order chi connectivity index (χ0) is 15.2. The van der Waals surface area contributed by atoms with Gasteiger partial charge < -0.3 is 4.74 Å². The average Bonchev–Trinajstić information content (AvgIpc) is 2.93. The van der Waals surface area contributed by atoms with Gasteiger partial charge in [-0.3, -0.25) is 14.2 Å². The number of thioether (sulfide) groups is 1. The minimum atomic E-state index is -0.174. The summed E-state index contributed by atoms with van der Waals surface area (Å²) in [6.45, 7) is 4.75. The molecule has 0 unspecified atom stereocenters. The Morgan fingerprint density at radius 2 is 2.29 bits per heavy atom. The molecule has 0 saturated carbocycles. The van der Waals surface area contributed by atoms with Crippen LogP contribution in [0.4, 0.5) is 0 Å². The maximum absolute atomic E-state index is 12.3. The third kappa shape index (κ3) is 3.85. The molecule has 2 aromatic rings. The van der Waals surface area contributed by atoms with Gasteiger partial charge in [0, 0.05) is 18.7 Å². The first-order valence-electron chi connectivity index (χ1n) is 6.93. The molecular formula is C14H18N2O3S2. The fraction of sp³-hybridized carbons (Fsp3) is 0.500. The average molecular weight is 326 g/mol. The summed E-state index contributed by atoms with van der Waals surface area (Å²) in [4.78, 5) is 28.1. The zero-order valence-electron chi connectivity index (χ0n) is 12.1. The lowest BCUT2D eigenvalue weighted by molar-refractivity contribution is -0.143. The maximum atomic E-state index is 12.3. The number of rotatable bonds is 7. The largest absolute Gasteiger partial charge is 0.466 e. The van der Waals surface area contributed by atoms with E-state index in [-0.39, 0.29) is 11.5 Å².